The third-order valence-corrected chi connectivity index (χ3v) is 6.23. The van der Waals surface area contributed by atoms with Gasteiger partial charge in [0.2, 0.25) is 5.91 Å². The summed E-state index contributed by atoms with van der Waals surface area (Å²) in [5.41, 5.74) is 0.561. The van der Waals surface area contributed by atoms with Crippen molar-refractivity contribution in [2.75, 3.05) is 13.1 Å². The van der Waals surface area contributed by atoms with Crippen LogP contribution >= 0.6 is 11.6 Å². The van der Waals surface area contributed by atoms with E-state index >= 15 is 0 Å². The molecule has 2 fully saturated rings. The molecular formula is C20H25ClF4N4O2. The molecule has 0 radical (unpaired) electrons. The lowest BCUT2D eigenvalue weighted by Crippen LogP contribution is -2.53. The number of hydrogen-bond donors (Lipinski definition) is 3. The van der Waals surface area contributed by atoms with Gasteiger partial charge in [0.15, 0.2) is 0 Å². The van der Waals surface area contributed by atoms with Crippen LogP contribution in [0.4, 0.5) is 22.4 Å². The standard InChI is InChI=1S/C20H25ClF4N4O2/c1-10-5-13(6-11(2)29(10)9-20(23,24)25)17(12-3-4-15(22)14(21)7-12)28-18(30)16-8-26-19(31)27-16/h3-4,7,10-11,13,16-17H,5-6,8-9H2,1-2H3,(H,28,30)(H2,26,27,31)/t10?,11?,13?,16-,17-/m0/s1. The van der Waals surface area contributed by atoms with Gasteiger partial charge in [-0.2, -0.15) is 13.2 Å². The van der Waals surface area contributed by atoms with Gasteiger partial charge in [0, 0.05) is 18.6 Å². The molecule has 3 N–H and O–H groups in total. The first-order chi connectivity index (χ1) is 14.4. The van der Waals surface area contributed by atoms with Crippen LogP contribution in [0.25, 0.3) is 0 Å². The molecule has 172 valence electrons. The third kappa shape index (κ3) is 5.79. The van der Waals surface area contributed by atoms with Crippen LogP contribution in [0.1, 0.15) is 38.3 Å². The van der Waals surface area contributed by atoms with Crippen LogP contribution in [0.15, 0.2) is 18.2 Å². The molecule has 11 heteroatoms. The van der Waals surface area contributed by atoms with Crippen molar-refractivity contribution in [2.24, 2.45) is 5.92 Å². The van der Waals surface area contributed by atoms with Crippen LogP contribution in [0.5, 0.6) is 0 Å². The number of benzene rings is 1. The summed E-state index contributed by atoms with van der Waals surface area (Å²) in [4.78, 5) is 25.5. The van der Waals surface area contributed by atoms with E-state index in [0.717, 1.165) is 0 Å². The molecule has 2 saturated heterocycles. The molecule has 1 aromatic carbocycles. The number of hydrogen-bond acceptors (Lipinski definition) is 3. The van der Waals surface area contributed by atoms with Gasteiger partial charge in [-0.15, -0.1) is 0 Å². The van der Waals surface area contributed by atoms with Gasteiger partial charge in [-0.05, 0) is 50.3 Å². The van der Waals surface area contributed by atoms with E-state index in [-0.39, 0.29) is 29.6 Å². The predicted molar refractivity (Wildman–Crippen MR) is 107 cm³/mol. The summed E-state index contributed by atoms with van der Waals surface area (Å²) < 4.78 is 52.6. The quantitative estimate of drug-likeness (QED) is 0.585. The molecule has 1 aromatic rings. The van der Waals surface area contributed by atoms with Crippen LogP contribution in [0, 0.1) is 11.7 Å². The highest BCUT2D eigenvalue weighted by atomic mass is 35.5. The zero-order chi connectivity index (χ0) is 22.9. The van der Waals surface area contributed by atoms with E-state index in [1.54, 1.807) is 13.8 Å². The van der Waals surface area contributed by atoms with Gasteiger partial charge in [0.05, 0.1) is 17.6 Å². The lowest BCUT2D eigenvalue weighted by Gasteiger charge is -2.45. The number of carbonyl (C=O) groups excluding carboxylic acids is 2. The summed E-state index contributed by atoms with van der Waals surface area (Å²) in [6.45, 7) is 2.58. The fourth-order valence-corrected chi connectivity index (χ4v) is 4.70. The molecule has 0 aromatic heterocycles. The van der Waals surface area contributed by atoms with Gasteiger partial charge in [-0.25, -0.2) is 9.18 Å². The molecule has 0 spiro atoms. The van der Waals surface area contributed by atoms with Gasteiger partial charge in [-0.3, -0.25) is 9.69 Å². The van der Waals surface area contributed by atoms with E-state index < -0.39 is 42.6 Å². The second-order valence-corrected chi connectivity index (χ2v) is 8.69. The number of rotatable bonds is 5. The van der Waals surface area contributed by atoms with Gasteiger partial charge < -0.3 is 16.0 Å². The van der Waals surface area contributed by atoms with Crippen molar-refractivity contribution < 1.29 is 27.2 Å². The van der Waals surface area contributed by atoms with Crippen molar-refractivity contribution in [1.29, 1.82) is 0 Å². The number of alkyl halides is 3. The van der Waals surface area contributed by atoms with Crippen LogP contribution in [0.2, 0.25) is 5.02 Å². The Balaban J connectivity index is 1.83. The second kappa shape index (κ2) is 9.20. The Morgan fingerprint density at radius 2 is 1.94 bits per heavy atom. The number of likely N-dealkylation sites (tertiary alicyclic amines) is 1. The summed E-state index contributed by atoms with van der Waals surface area (Å²) in [5, 5.41) is 7.80. The first-order valence-electron chi connectivity index (χ1n) is 10.1. The Kier molecular flexibility index (Phi) is 7.00. The maximum atomic E-state index is 13.7. The van der Waals surface area contributed by atoms with Crippen LogP contribution in [-0.2, 0) is 4.79 Å². The topological polar surface area (TPSA) is 73.5 Å². The highest BCUT2D eigenvalue weighted by molar-refractivity contribution is 6.30. The van der Waals surface area contributed by atoms with Gasteiger partial charge in [0.25, 0.3) is 0 Å². The van der Waals surface area contributed by atoms with E-state index in [0.29, 0.717) is 18.4 Å². The average Bonchev–Trinajstić information content (AvgIpc) is 3.10. The van der Waals surface area contributed by atoms with Crippen LogP contribution in [-0.4, -0.2) is 54.2 Å². The minimum Gasteiger partial charge on any atom is -0.347 e. The first kappa shape index (κ1) is 23.6. The van der Waals surface area contributed by atoms with E-state index in [2.05, 4.69) is 16.0 Å². The fraction of sp³-hybridized carbons (Fsp3) is 0.600. The maximum absolute atomic E-state index is 13.7. The molecule has 2 aliphatic heterocycles. The van der Waals surface area contributed by atoms with Crippen molar-refractivity contribution in [3.8, 4) is 0 Å². The molecule has 2 aliphatic rings. The van der Waals surface area contributed by atoms with Gasteiger partial charge in [-0.1, -0.05) is 17.7 Å². The highest BCUT2D eigenvalue weighted by Crippen LogP contribution is 2.38. The Labute approximate surface area is 182 Å². The molecular weight excluding hydrogens is 440 g/mol. The van der Waals surface area contributed by atoms with E-state index in [4.69, 9.17) is 11.6 Å². The second-order valence-electron chi connectivity index (χ2n) is 8.28. The molecule has 2 heterocycles. The Morgan fingerprint density at radius 1 is 1.29 bits per heavy atom. The van der Waals surface area contributed by atoms with Crippen molar-refractivity contribution in [3.05, 3.63) is 34.6 Å². The number of nitrogens with one attached hydrogen (secondary N) is 3. The van der Waals surface area contributed by atoms with Crippen molar-refractivity contribution >= 4 is 23.5 Å². The monoisotopic (exact) mass is 464 g/mol. The number of urea groups is 1. The van der Waals surface area contributed by atoms with Crippen molar-refractivity contribution in [2.45, 2.75) is 57.0 Å². The molecule has 31 heavy (non-hydrogen) atoms. The molecule has 2 unspecified atom stereocenters. The van der Waals surface area contributed by atoms with Gasteiger partial charge >= 0.3 is 12.2 Å². The third-order valence-electron chi connectivity index (χ3n) is 5.94. The van der Waals surface area contributed by atoms with Crippen molar-refractivity contribution in [3.63, 3.8) is 0 Å². The number of carbonyl (C=O) groups is 2. The molecule has 3 rings (SSSR count). The highest BCUT2D eigenvalue weighted by Gasteiger charge is 2.41. The minimum absolute atomic E-state index is 0.108. The lowest BCUT2D eigenvalue weighted by molar-refractivity contribution is -0.161. The van der Waals surface area contributed by atoms with Crippen molar-refractivity contribution in [1.82, 2.24) is 20.9 Å². The number of piperidine rings is 1. The number of halogens is 5. The number of nitrogens with zero attached hydrogens (tertiary/aromatic N) is 1. The van der Waals surface area contributed by atoms with Crippen LogP contribution in [0.3, 0.4) is 0 Å². The Bertz CT molecular complexity index is 826. The molecule has 0 saturated carbocycles. The maximum Gasteiger partial charge on any atom is 0.401 e. The smallest absolute Gasteiger partial charge is 0.347 e. The predicted octanol–water partition coefficient (Wildman–Crippen LogP) is 3.37. The summed E-state index contributed by atoms with van der Waals surface area (Å²) in [6, 6.07) is 1.55. The largest absolute Gasteiger partial charge is 0.401 e. The molecule has 6 nitrogen and oxygen atoms in total. The molecule has 4 atom stereocenters. The number of amides is 3. The minimum atomic E-state index is -4.30. The Hall–Kier alpha value is -2.07. The zero-order valence-corrected chi connectivity index (χ0v) is 17.9. The summed E-state index contributed by atoms with van der Waals surface area (Å²) >= 11 is 5.94. The van der Waals surface area contributed by atoms with Crippen LogP contribution < -0.4 is 16.0 Å². The van der Waals surface area contributed by atoms with E-state index in [9.17, 15) is 27.2 Å². The summed E-state index contributed by atoms with van der Waals surface area (Å²) in [7, 11) is 0. The Morgan fingerprint density at radius 3 is 2.45 bits per heavy atom. The fourth-order valence-electron chi connectivity index (χ4n) is 4.51. The SMILES string of the molecule is CC1CC([C@@H](NC(=O)[C@@H]2CNC(=O)N2)c2ccc(F)c(Cl)c2)CC(C)N1CC(F)(F)F. The van der Waals surface area contributed by atoms with E-state index in [1.165, 1.54) is 23.1 Å². The first-order valence-corrected chi connectivity index (χ1v) is 10.4. The van der Waals surface area contributed by atoms with Gasteiger partial charge in [0.1, 0.15) is 11.9 Å². The molecule has 3 amide bonds. The lowest BCUT2D eigenvalue weighted by atomic mass is 9.79. The summed E-state index contributed by atoms with van der Waals surface area (Å²) in [6.07, 6.45) is -3.51. The van der Waals surface area contributed by atoms with E-state index in [1.807, 2.05) is 0 Å². The zero-order valence-electron chi connectivity index (χ0n) is 17.1. The average molecular weight is 465 g/mol. The summed E-state index contributed by atoms with van der Waals surface area (Å²) in [5.74, 6) is -1.24. The normalized spacial score (nSPS) is 28.0. The molecule has 0 bridgehead atoms. The molecule has 0 aliphatic carbocycles.